The van der Waals surface area contributed by atoms with Crippen LogP contribution in [0, 0.1) is 5.41 Å². The van der Waals surface area contributed by atoms with Crippen LogP contribution in [-0.4, -0.2) is 40.4 Å². The van der Waals surface area contributed by atoms with Crippen molar-refractivity contribution in [3.8, 4) is 0 Å². The van der Waals surface area contributed by atoms with Gasteiger partial charge in [0.2, 0.25) is 0 Å². The van der Waals surface area contributed by atoms with Crippen LogP contribution in [0.15, 0.2) is 55.1 Å². The summed E-state index contributed by atoms with van der Waals surface area (Å²) in [6, 6.07) is 10.1. The van der Waals surface area contributed by atoms with Crippen molar-refractivity contribution in [2.75, 3.05) is 18.4 Å². The fourth-order valence-corrected chi connectivity index (χ4v) is 3.17. The van der Waals surface area contributed by atoms with E-state index in [9.17, 15) is 5.11 Å². The number of nitrogens with zero attached hydrogens (tertiary/aromatic N) is 2. The van der Waals surface area contributed by atoms with Crippen molar-refractivity contribution in [2.45, 2.75) is 19.1 Å². The molecular weight excluding hydrogens is 338 g/mol. The Balaban J connectivity index is 1.61. The number of nitrogens with two attached hydrogens (primary N) is 1. The smallest absolute Gasteiger partial charge is 0.0679 e. The molecule has 6 heteroatoms. The number of anilines is 1. The van der Waals surface area contributed by atoms with Crippen molar-refractivity contribution < 1.29 is 5.11 Å². The SMILES string of the molecule is N=CC(=CN)c1ccncc1/C=C/Nc1ccc(CN2CCC(O)C2)cc1. The van der Waals surface area contributed by atoms with Crippen LogP contribution >= 0.6 is 0 Å². The van der Waals surface area contributed by atoms with E-state index in [1.54, 1.807) is 12.4 Å². The van der Waals surface area contributed by atoms with Gasteiger partial charge in [-0.25, -0.2) is 0 Å². The third-order valence-corrected chi connectivity index (χ3v) is 4.62. The molecule has 0 saturated carbocycles. The van der Waals surface area contributed by atoms with E-state index in [2.05, 4.69) is 27.3 Å². The van der Waals surface area contributed by atoms with Gasteiger partial charge in [0.1, 0.15) is 0 Å². The molecule has 0 spiro atoms. The number of aliphatic hydroxyl groups excluding tert-OH is 1. The Kier molecular flexibility index (Phi) is 6.35. The van der Waals surface area contributed by atoms with Crippen molar-refractivity contribution in [2.24, 2.45) is 5.73 Å². The number of pyridine rings is 1. The highest BCUT2D eigenvalue weighted by molar-refractivity contribution is 6.09. The average molecular weight is 363 g/mol. The summed E-state index contributed by atoms with van der Waals surface area (Å²) in [5, 5.41) is 20.3. The van der Waals surface area contributed by atoms with Crippen LogP contribution in [0.1, 0.15) is 23.1 Å². The van der Waals surface area contributed by atoms with Gasteiger partial charge in [0.25, 0.3) is 0 Å². The molecule has 0 radical (unpaired) electrons. The van der Waals surface area contributed by atoms with Crippen LogP contribution in [0.5, 0.6) is 0 Å². The van der Waals surface area contributed by atoms with Gasteiger partial charge < -0.3 is 21.6 Å². The molecule has 1 saturated heterocycles. The summed E-state index contributed by atoms with van der Waals surface area (Å²) in [6.45, 7) is 2.57. The standard InChI is InChI=1S/C21H25N5O/c22-11-18(12-23)21-6-8-24-13-17(21)5-9-25-19-3-1-16(2-4-19)14-26-10-7-20(27)15-26/h1-6,8-9,11-13,20,22,25,27H,7,10,14-15,23H2/b9-5+,18-12?,22-11?. The molecule has 3 rings (SSSR count). The maximum Gasteiger partial charge on any atom is 0.0679 e. The maximum atomic E-state index is 9.61. The molecule has 5 N–H and O–H groups in total. The first kappa shape index (κ1) is 18.8. The number of aromatic nitrogens is 1. The molecule has 6 nitrogen and oxygen atoms in total. The zero-order valence-electron chi connectivity index (χ0n) is 15.2. The Labute approximate surface area is 159 Å². The fourth-order valence-electron chi connectivity index (χ4n) is 3.17. The normalized spacial score (nSPS) is 18.1. The first-order valence-corrected chi connectivity index (χ1v) is 8.99. The van der Waals surface area contributed by atoms with Gasteiger partial charge >= 0.3 is 0 Å². The summed E-state index contributed by atoms with van der Waals surface area (Å²) in [6.07, 6.45) is 10.5. The lowest BCUT2D eigenvalue weighted by molar-refractivity contribution is 0.175. The monoisotopic (exact) mass is 363 g/mol. The van der Waals surface area contributed by atoms with E-state index in [4.69, 9.17) is 11.1 Å². The summed E-state index contributed by atoms with van der Waals surface area (Å²) in [5.74, 6) is 0. The first-order chi connectivity index (χ1) is 13.2. The van der Waals surface area contributed by atoms with Gasteiger partial charge in [0, 0.05) is 67.5 Å². The van der Waals surface area contributed by atoms with Gasteiger partial charge in [0.05, 0.1) is 6.10 Å². The Morgan fingerprint density at radius 3 is 2.81 bits per heavy atom. The maximum absolute atomic E-state index is 9.61. The summed E-state index contributed by atoms with van der Waals surface area (Å²) in [4.78, 5) is 6.41. The molecule has 0 amide bonds. The number of aliphatic hydroxyl groups is 1. The summed E-state index contributed by atoms with van der Waals surface area (Å²) in [5.41, 5.74) is 10.2. The van der Waals surface area contributed by atoms with E-state index in [0.717, 1.165) is 42.9 Å². The zero-order valence-corrected chi connectivity index (χ0v) is 15.2. The quantitative estimate of drug-likeness (QED) is 0.567. The number of benzene rings is 1. The largest absolute Gasteiger partial charge is 0.404 e. The predicted octanol–water partition coefficient (Wildman–Crippen LogP) is 2.68. The molecule has 2 heterocycles. The number of nitrogens with one attached hydrogen (secondary N) is 2. The summed E-state index contributed by atoms with van der Waals surface area (Å²) in [7, 11) is 0. The molecule has 1 aromatic heterocycles. The number of rotatable bonds is 7. The molecule has 1 fully saturated rings. The molecule has 1 aromatic carbocycles. The topological polar surface area (TPSA) is 98.3 Å². The summed E-state index contributed by atoms with van der Waals surface area (Å²) >= 11 is 0. The number of allylic oxidation sites excluding steroid dienone is 1. The average Bonchev–Trinajstić information content (AvgIpc) is 3.10. The lowest BCUT2D eigenvalue weighted by atomic mass is 10.0. The minimum absolute atomic E-state index is 0.185. The van der Waals surface area contributed by atoms with E-state index in [0.29, 0.717) is 5.57 Å². The lowest BCUT2D eigenvalue weighted by Crippen LogP contribution is -2.21. The highest BCUT2D eigenvalue weighted by atomic mass is 16.3. The minimum atomic E-state index is -0.185. The van der Waals surface area contributed by atoms with Crippen LogP contribution < -0.4 is 11.1 Å². The number of likely N-dealkylation sites (tertiary alicyclic amines) is 1. The minimum Gasteiger partial charge on any atom is -0.404 e. The molecule has 1 atom stereocenters. The van der Waals surface area contributed by atoms with Crippen molar-refractivity contribution in [1.29, 1.82) is 5.41 Å². The Bertz CT molecular complexity index is 829. The summed E-state index contributed by atoms with van der Waals surface area (Å²) < 4.78 is 0. The van der Waals surface area contributed by atoms with Gasteiger partial charge in [-0.3, -0.25) is 9.88 Å². The van der Waals surface area contributed by atoms with E-state index in [1.165, 1.54) is 18.0 Å². The molecule has 1 aliphatic heterocycles. The van der Waals surface area contributed by atoms with Gasteiger partial charge in [-0.1, -0.05) is 12.1 Å². The number of β-amino-alcohol motifs (C(OH)–C–C–N with tert-alkyl or cyclic N) is 1. The highest BCUT2D eigenvalue weighted by Gasteiger charge is 2.19. The molecule has 2 aromatic rings. The van der Waals surface area contributed by atoms with E-state index in [-0.39, 0.29) is 6.10 Å². The third-order valence-electron chi connectivity index (χ3n) is 4.62. The molecular formula is C21H25N5O. The molecule has 27 heavy (non-hydrogen) atoms. The van der Waals surface area contributed by atoms with Crippen LogP contribution in [0.25, 0.3) is 11.6 Å². The zero-order chi connectivity index (χ0) is 19.1. The molecule has 1 unspecified atom stereocenters. The van der Waals surface area contributed by atoms with Gasteiger partial charge in [0.15, 0.2) is 0 Å². The Morgan fingerprint density at radius 2 is 2.15 bits per heavy atom. The number of hydrogen-bond acceptors (Lipinski definition) is 6. The van der Waals surface area contributed by atoms with E-state index < -0.39 is 0 Å². The van der Waals surface area contributed by atoms with Crippen LogP contribution in [0.4, 0.5) is 5.69 Å². The van der Waals surface area contributed by atoms with Crippen molar-refractivity contribution in [3.05, 3.63) is 71.8 Å². The van der Waals surface area contributed by atoms with Crippen LogP contribution in [0.3, 0.4) is 0 Å². The Morgan fingerprint density at radius 1 is 1.33 bits per heavy atom. The molecule has 0 bridgehead atoms. The Hall–Kier alpha value is -2.96. The second-order valence-electron chi connectivity index (χ2n) is 6.58. The van der Waals surface area contributed by atoms with Crippen molar-refractivity contribution >= 4 is 23.6 Å². The van der Waals surface area contributed by atoms with Crippen molar-refractivity contribution in [1.82, 2.24) is 9.88 Å². The van der Waals surface area contributed by atoms with E-state index >= 15 is 0 Å². The molecule has 0 aliphatic carbocycles. The van der Waals surface area contributed by atoms with Gasteiger partial charge in [-0.05, 0) is 41.8 Å². The third kappa shape index (κ3) is 5.03. The van der Waals surface area contributed by atoms with Crippen molar-refractivity contribution in [3.63, 3.8) is 0 Å². The molecule has 1 aliphatic rings. The lowest BCUT2D eigenvalue weighted by Gasteiger charge is -2.15. The fraction of sp³-hybridized carbons (Fsp3) is 0.238. The highest BCUT2D eigenvalue weighted by Crippen LogP contribution is 2.18. The second kappa shape index (κ2) is 9.12. The molecule has 140 valence electrons. The van der Waals surface area contributed by atoms with Crippen LogP contribution in [-0.2, 0) is 6.54 Å². The van der Waals surface area contributed by atoms with Crippen LogP contribution in [0.2, 0.25) is 0 Å². The first-order valence-electron chi connectivity index (χ1n) is 8.99. The predicted molar refractivity (Wildman–Crippen MR) is 110 cm³/mol. The number of hydrogen-bond donors (Lipinski definition) is 4. The van der Waals surface area contributed by atoms with E-state index in [1.807, 2.05) is 30.5 Å². The second-order valence-corrected chi connectivity index (χ2v) is 6.58. The van der Waals surface area contributed by atoms with Gasteiger partial charge in [-0.2, -0.15) is 0 Å². The van der Waals surface area contributed by atoms with Gasteiger partial charge in [-0.15, -0.1) is 0 Å².